The minimum Gasteiger partial charge on any atom is -0.351 e. The molecule has 0 bridgehead atoms. The third-order valence-corrected chi connectivity index (χ3v) is 5.13. The van der Waals surface area contributed by atoms with Gasteiger partial charge in [-0.25, -0.2) is 9.67 Å². The number of nitrogens with one attached hydrogen (secondary N) is 1. The fourth-order valence-electron chi connectivity index (χ4n) is 3.37. The monoisotopic (exact) mass is 430 g/mol. The summed E-state index contributed by atoms with van der Waals surface area (Å²) in [5.41, 5.74) is 0.221. The molecule has 0 radical (unpaired) electrons. The van der Waals surface area contributed by atoms with Gasteiger partial charge in [0.15, 0.2) is 5.82 Å². The molecule has 3 aromatic rings. The largest absolute Gasteiger partial charge is 0.416 e. The third-order valence-electron chi connectivity index (χ3n) is 5.13. The number of nitrogens with zero attached hydrogens (tertiary/aromatic N) is 3. The van der Waals surface area contributed by atoms with Gasteiger partial charge in [0.1, 0.15) is 0 Å². The van der Waals surface area contributed by atoms with Crippen LogP contribution in [0.15, 0.2) is 54.9 Å². The molecule has 8 heteroatoms. The van der Waals surface area contributed by atoms with Gasteiger partial charge < -0.3 is 5.32 Å². The molecule has 31 heavy (non-hydrogen) atoms. The van der Waals surface area contributed by atoms with Crippen LogP contribution in [-0.4, -0.2) is 27.2 Å². The Morgan fingerprint density at radius 2 is 1.81 bits per heavy atom. The lowest BCUT2D eigenvalue weighted by Gasteiger charge is -2.26. The minimum atomic E-state index is -4.42. The number of benzene rings is 1. The van der Waals surface area contributed by atoms with Crippen LogP contribution in [0.3, 0.4) is 0 Å². The van der Waals surface area contributed by atoms with Crippen LogP contribution >= 0.6 is 0 Å². The van der Waals surface area contributed by atoms with E-state index < -0.39 is 17.2 Å². The predicted octanol–water partition coefficient (Wildman–Crippen LogP) is 5.12. The molecule has 2 aromatic heterocycles. The quantitative estimate of drug-likeness (QED) is 0.591. The number of carbonyl (C=O) groups is 1. The third kappa shape index (κ3) is 4.95. The molecule has 164 valence electrons. The van der Waals surface area contributed by atoms with Crippen LogP contribution in [0.5, 0.6) is 0 Å². The number of alkyl halides is 3. The number of halogens is 3. The van der Waals surface area contributed by atoms with Crippen molar-refractivity contribution in [3.63, 3.8) is 0 Å². The van der Waals surface area contributed by atoms with Gasteiger partial charge in [-0.2, -0.15) is 18.3 Å². The Hall–Kier alpha value is -3.16. The van der Waals surface area contributed by atoms with E-state index in [2.05, 4.69) is 15.4 Å². The lowest BCUT2D eigenvalue weighted by molar-refractivity contribution is -0.137. The number of hydrogen-bond acceptors (Lipinski definition) is 3. The summed E-state index contributed by atoms with van der Waals surface area (Å²) in [6, 6.07) is 10.6. The van der Waals surface area contributed by atoms with Crippen LogP contribution in [0.4, 0.5) is 13.2 Å². The maximum Gasteiger partial charge on any atom is 0.416 e. The Morgan fingerprint density at radius 1 is 1.10 bits per heavy atom. The number of amides is 1. The molecule has 1 aromatic carbocycles. The maximum atomic E-state index is 13.1. The number of aromatic nitrogens is 3. The van der Waals surface area contributed by atoms with Gasteiger partial charge in [0.25, 0.3) is 5.91 Å². The molecule has 0 saturated heterocycles. The summed E-state index contributed by atoms with van der Waals surface area (Å²) in [4.78, 5) is 17.2. The van der Waals surface area contributed by atoms with Crippen LogP contribution in [0.25, 0.3) is 5.82 Å². The zero-order chi connectivity index (χ0) is 22.8. The van der Waals surface area contributed by atoms with Gasteiger partial charge >= 0.3 is 6.18 Å². The van der Waals surface area contributed by atoms with Crippen molar-refractivity contribution in [1.82, 2.24) is 20.1 Å². The van der Waals surface area contributed by atoms with E-state index in [9.17, 15) is 18.0 Å². The molecule has 0 unspecified atom stereocenters. The average Bonchev–Trinajstić information content (AvgIpc) is 3.18. The Labute approximate surface area is 179 Å². The van der Waals surface area contributed by atoms with E-state index in [1.54, 1.807) is 42.9 Å². The summed E-state index contributed by atoms with van der Waals surface area (Å²) in [5, 5.41) is 7.20. The summed E-state index contributed by atoms with van der Waals surface area (Å²) in [6.07, 6.45) is -1.27. The topological polar surface area (TPSA) is 59.8 Å². The first-order chi connectivity index (χ1) is 14.5. The van der Waals surface area contributed by atoms with Crippen molar-refractivity contribution in [1.29, 1.82) is 0 Å². The van der Waals surface area contributed by atoms with E-state index in [0.29, 0.717) is 22.6 Å². The van der Waals surface area contributed by atoms with Gasteiger partial charge in [-0.15, -0.1) is 0 Å². The number of carbonyl (C=O) groups excluding carboxylic acids is 1. The van der Waals surface area contributed by atoms with E-state index in [0.717, 1.165) is 12.1 Å². The van der Waals surface area contributed by atoms with Gasteiger partial charge in [0.2, 0.25) is 0 Å². The first-order valence-corrected chi connectivity index (χ1v) is 9.96. The van der Waals surface area contributed by atoms with E-state index >= 15 is 0 Å². The molecule has 0 spiro atoms. The molecule has 0 fully saturated rings. The summed E-state index contributed by atoms with van der Waals surface area (Å²) < 4.78 is 40.8. The Balaban J connectivity index is 1.82. The normalized spacial score (nSPS) is 12.3. The molecular weight excluding hydrogens is 405 g/mol. The zero-order valence-electron chi connectivity index (χ0n) is 17.9. The number of rotatable bonds is 6. The molecule has 0 atom stereocenters. The Morgan fingerprint density at radius 3 is 2.42 bits per heavy atom. The predicted molar refractivity (Wildman–Crippen MR) is 112 cm³/mol. The fraction of sp³-hybridized carbons (Fsp3) is 0.348. The summed E-state index contributed by atoms with van der Waals surface area (Å²) in [6.45, 7) is 7.67. The van der Waals surface area contributed by atoms with Crippen molar-refractivity contribution in [3.8, 4) is 5.82 Å². The second-order valence-corrected chi connectivity index (χ2v) is 8.34. The van der Waals surface area contributed by atoms with Crippen molar-refractivity contribution in [2.24, 2.45) is 0 Å². The summed E-state index contributed by atoms with van der Waals surface area (Å²) in [7, 11) is 0. The van der Waals surface area contributed by atoms with E-state index in [4.69, 9.17) is 0 Å². The molecule has 1 N–H and O–H groups in total. The van der Waals surface area contributed by atoms with Gasteiger partial charge in [-0.3, -0.25) is 4.79 Å². The Bertz CT molecular complexity index is 1060. The van der Waals surface area contributed by atoms with Crippen LogP contribution in [0.2, 0.25) is 0 Å². The summed E-state index contributed by atoms with van der Waals surface area (Å²) in [5.74, 6) is 0.280. The fourth-order valence-corrected chi connectivity index (χ4v) is 3.37. The average molecular weight is 430 g/mol. The molecule has 0 aliphatic heterocycles. The lowest BCUT2D eigenvalue weighted by Crippen LogP contribution is -2.37. The van der Waals surface area contributed by atoms with E-state index in [1.807, 2.05) is 19.9 Å². The minimum absolute atomic E-state index is 0.00161. The molecule has 3 rings (SSSR count). The smallest absolute Gasteiger partial charge is 0.351 e. The van der Waals surface area contributed by atoms with Crippen molar-refractivity contribution in [2.45, 2.75) is 45.2 Å². The second kappa shape index (κ2) is 8.53. The maximum absolute atomic E-state index is 13.1. The highest BCUT2D eigenvalue weighted by atomic mass is 19.4. The van der Waals surface area contributed by atoms with Crippen molar-refractivity contribution < 1.29 is 18.0 Å². The summed E-state index contributed by atoms with van der Waals surface area (Å²) >= 11 is 0. The van der Waals surface area contributed by atoms with Gasteiger partial charge in [0.05, 0.1) is 23.0 Å². The molecular formula is C23H25F3N4O. The first-order valence-electron chi connectivity index (χ1n) is 9.96. The van der Waals surface area contributed by atoms with Gasteiger partial charge in [-0.1, -0.05) is 52.0 Å². The molecule has 0 saturated carbocycles. The van der Waals surface area contributed by atoms with Crippen LogP contribution in [0, 0.1) is 0 Å². The molecule has 0 aliphatic rings. The van der Waals surface area contributed by atoms with Crippen molar-refractivity contribution in [3.05, 3.63) is 77.2 Å². The van der Waals surface area contributed by atoms with Crippen LogP contribution in [-0.2, 0) is 11.6 Å². The molecule has 1 amide bonds. The molecule has 0 aliphatic carbocycles. The molecule has 2 heterocycles. The highest BCUT2D eigenvalue weighted by Gasteiger charge is 2.32. The van der Waals surface area contributed by atoms with E-state index in [1.165, 1.54) is 12.3 Å². The Kier molecular flexibility index (Phi) is 6.20. The SMILES string of the molecule is CC(C)c1c(C(=O)NCC(C)(C)c2cccc(C(F)(F)F)c2)cnn1-c1ccccn1. The zero-order valence-corrected chi connectivity index (χ0v) is 17.9. The van der Waals surface area contributed by atoms with Gasteiger partial charge in [0, 0.05) is 18.2 Å². The number of hydrogen-bond donors (Lipinski definition) is 1. The lowest BCUT2D eigenvalue weighted by atomic mass is 9.83. The van der Waals surface area contributed by atoms with Crippen LogP contribution < -0.4 is 5.32 Å². The highest BCUT2D eigenvalue weighted by molar-refractivity contribution is 5.95. The number of pyridine rings is 1. The van der Waals surface area contributed by atoms with E-state index in [-0.39, 0.29) is 18.4 Å². The van der Waals surface area contributed by atoms with Crippen LogP contribution in [0.1, 0.15) is 60.8 Å². The van der Waals surface area contributed by atoms with Crippen molar-refractivity contribution >= 4 is 5.91 Å². The first kappa shape index (κ1) is 22.5. The highest BCUT2D eigenvalue weighted by Crippen LogP contribution is 2.32. The second-order valence-electron chi connectivity index (χ2n) is 8.34. The standard InChI is InChI=1S/C23H25F3N4O/c1-15(2)20-18(13-29-30(20)19-10-5-6-11-27-19)21(31)28-14-22(3,4)16-8-7-9-17(12-16)23(24,25)26/h5-13,15H,14H2,1-4H3,(H,28,31). The molecule has 5 nitrogen and oxygen atoms in total. The van der Waals surface area contributed by atoms with Crippen molar-refractivity contribution in [2.75, 3.05) is 6.54 Å². The van der Waals surface area contributed by atoms with Gasteiger partial charge in [-0.05, 0) is 29.7 Å².